The van der Waals surface area contributed by atoms with Crippen molar-refractivity contribution in [2.24, 2.45) is 0 Å². The standard InChI is InChI=1S/C28H24O6/c1-30-24-16-21(13-14-23(24)28(29)34-5)10-9-19-7-6-8-20(15-19)11-12-22-17-25(31-2)27(33-4)26(18-22)32-3/h6-8,13-18H,1-5H3. The third-order valence-electron chi connectivity index (χ3n) is 4.84. The zero-order valence-corrected chi connectivity index (χ0v) is 19.6. The molecule has 3 aromatic rings. The molecule has 0 aliphatic heterocycles. The normalized spacial score (nSPS) is 9.56. The van der Waals surface area contributed by atoms with Crippen molar-refractivity contribution in [2.45, 2.75) is 0 Å². The van der Waals surface area contributed by atoms with E-state index in [1.165, 1.54) is 14.2 Å². The van der Waals surface area contributed by atoms with Gasteiger partial charge in [-0.25, -0.2) is 4.79 Å². The second-order valence-electron chi connectivity index (χ2n) is 6.90. The van der Waals surface area contributed by atoms with Gasteiger partial charge in [0.2, 0.25) is 5.75 Å². The minimum Gasteiger partial charge on any atom is -0.496 e. The van der Waals surface area contributed by atoms with Gasteiger partial charge in [-0.2, -0.15) is 0 Å². The number of carbonyl (C=O) groups excluding carboxylic acids is 1. The summed E-state index contributed by atoms with van der Waals surface area (Å²) < 4.78 is 26.2. The Morgan fingerprint density at radius 1 is 0.588 bits per heavy atom. The lowest BCUT2D eigenvalue weighted by atomic mass is 10.1. The van der Waals surface area contributed by atoms with Crippen LogP contribution in [-0.4, -0.2) is 41.5 Å². The summed E-state index contributed by atoms with van der Waals surface area (Å²) in [5.41, 5.74) is 3.38. The van der Waals surface area contributed by atoms with Crippen LogP contribution in [0.3, 0.4) is 0 Å². The smallest absolute Gasteiger partial charge is 0.341 e. The van der Waals surface area contributed by atoms with Gasteiger partial charge < -0.3 is 23.7 Å². The molecule has 0 spiro atoms. The molecule has 0 N–H and O–H groups in total. The number of rotatable bonds is 5. The molecule has 0 aliphatic rings. The topological polar surface area (TPSA) is 63.2 Å². The van der Waals surface area contributed by atoms with Crippen molar-refractivity contribution in [2.75, 3.05) is 35.5 Å². The van der Waals surface area contributed by atoms with Gasteiger partial charge in [-0.05, 0) is 48.5 Å². The summed E-state index contributed by atoms with van der Waals surface area (Å²) in [6.45, 7) is 0. The first-order valence-electron chi connectivity index (χ1n) is 10.2. The van der Waals surface area contributed by atoms with Gasteiger partial charge in [0.1, 0.15) is 11.3 Å². The van der Waals surface area contributed by atoms with E-state index in [0.29, 0.717) is 34.1 Å². The van der Waals surface area contributed by atoms with Gasteiger partial charge in [0.05, 0.1) is 35.5 Å². The average Bonchev–Trinajstić information content (AvgIpc) is 2.89. The van der Waals surface area contributed by atoms with E-state index in [9.17, 15) is 4.79 Å². The SMILES string of the molecule is COC(=O)c1ccc(C#Cc2cccc(C#Cc3cc(OC)c(OC)c(OC)c3)c2)cc1OC. The lowest BCUT2D eigenvalue weighted by Crippen LogP contribution is -2.04. The maximum atomic E-state index is 11.8. The molecule has 0 atom stereocenters. The highest BCUT2D eigenvalue weighted by Gasteiger charge is 2.13. The number of hydrogen-bond donors (Lipinski definition) is 0. The summed E-state index contributed by atoms with van der Waals surface area (Å²) in [7, 11) is 7.51. The van der Waals surface area contributed by atoms with Gasteiger partial charge in [0, 0.05) is 22.3 Å². The molecule has 0 aliphatic carbocycles. The minimum absolute atomic E-state index is 0.347. The number of benzene rings is 3. The third kappa shape index (κ3) is 5.62. The lowest BCUT2D eigenvalue weighted by Gasteiger charge is -2.12. The van der Waals surface area contributed by atoms with Crippen LogP contribution in [-0.2, 0) is 4.74 Å². The Balaban J connectivity index is 1.87. The zero-order chi connectivity index (χ0) is 24.5. The molecule has 0 saturated heterocycles. The molecule has 0 aromatic heterocycles. The van der Waals surface area contributed by atoms with E-state index in [1.807, 2.05) is 24.3 Å². The van der Waals surface area contributed by atoms with E-state index >= 15 is 0 Å². The van der Waals surface area contributed by atoms with Crippen LogP contribution in [0.5, 0.6) is 23.0 Å². The predicted molar refractivity (Wildman–Crippen MR) is 129 cm³/mol. The molecule has 6 heteroatoms. The molecule has 0 heterocycles. The summed E-state index contributed by atoms with van der Waals surface area (Å²) in [4.78, 5) is 11.8. The maximum absolute atomic E-state index is 11.8. The van der Waals surface area contributed by atoms with Crippen LogP contribution < -0.4 is 18.9 Å². The number of hydrogen-bond acceptors (Lipinski definition) is 6. The first-order chi connectivity index (χ1) is 16.5. The lowest BCUT2D eigenvalue weighted by molar-refractivity contribution is 0.0597. The first kappa shape index (κ1) is 24.1. The number of carbonyl (C=O) groups is 1. The fraction of sp³-hybridized carbons (Fsp3) is 0.179. The van der Waals surface area contributed by atoms with Crippen molar-refractivity contribution in [3.63, 3.8) is 0 Å². The molecular weight excluding hydrogens is 432 g/mol. The van der Waals surface area contributed by atoms with Gasteiger partial charge in [0.25, 0.3) is 0 Å². The predicted octanol–water partition coefficient (Wildman–Crippen LogP) is 4.31. The average molecular weight is 456 g/mol. The Labute approximate surface area is 199 Å². The van der Waals surface area contributed by atoms with E-state index in [4.69, 9.17) is 23.7 Å². The second kappa shape index (κ2) is 11.4. The molecule has 3 aromatic carbocycles. The van der Waals surface area contributed by atoms with Crippen molar-refractivity contribution in [1.29, 1.82) is 0 Å². The molecule has 172 valence electrons. The minimum atomic E-state index is -0.463. The molecule has 0 bridgehead atoms. The van der Waals surface area contributed by atoms with Crippen LogP contribution in [0, 0.1) is 23.7 Å². The molecular formula is C28H24O6. The van der Waals surface area contributed by atoms with Crippen LogP contribution in [0.1, 0.15) is 32.6 Å². The van der Waals surface area contributed by atoms with Crippen LogP contribution >= 0.6 is 0 Å². The summed E-state index contributed by atoms with van der Waals surface area (Å²) in [5, 5.41) is 0. The van der Waals surface area contributed by atoms with Crippen molar-refractivity contribution in [3.05, 3.63) is 82.4 Å². The highest BCUT2D eigenvalue weighted by Crippen LogP contribution is 2.37. The molecule has 0 amide bonds. The Hall–Kier alpha value is -4.55. The monoisotopic (exact) mass is 456 g/mol. The second-order valence-corrected chi connectivity index (χ2v) is 6.90. The van der Waals surface area contributed by atoms with Crippen molar-refractivity contribution < 1.29 is 28.5 Å². The number of esters is 1. The van der Waals surface area contributed by atoms with Gasteiger partial charge in [-0.1, -0.05) is 29.7 Å². The fourth-order valence-corrected chi connectivity index (χ4v) is 3.16. The fourth-order valence-electron chi connectivity index (χ4n) is 3.16. The Kier molecular flexibility index (Phi) is 8.05. The van der Waals surface area contributed by atoms with E-state index in [1.54, 1.807) is 51.7 Å². The largest absolute Gasteiger partial charge is 0.496 e. The van der Waals surface area contributed by atoms with Gasteiger partial charge in [-0.15, -0.1) is 0 Å². The highest BCUT2D eigenvalue weighted by atomic mass is 16.5. The Morgan fingerprint density at radius 3 is 1.59 bits per heavy atom. The van der Waals surface area contributed by atoms with Gasteiger partial charge in [-0.3, -0.25) is 0 Å². The molecule has 34 heavy (non-hydrogen) atoms. The summed E-state index contributed by atoms with van der Waals surface area (Å²) in [5.74, 6) is 14.0. The van der Waals surface area contributed by atoms with Crippen molar-refractivity contribution in [1.82, 2.24) is 0 Å². The van der Waals surface area contributed by atoms with Crippen molar-refractivity contribution in [3.8, 4) is 46.7 Å². The Morgan fingerprint density at radius 2 is 1.09 bits per heavy atom. The maximum Gasteiger partial charge on any atom is 0.341 e. The van der Waals surface area contributed by atoms with E-state index in [-0.39, 0.29) is 0 Å². The zero-order valence-electron chi connectivity index (χ0n) is 19.6. The summed E-state index contributed by atoms with van der Waals surface area (Å²) in [6.07, 6.45) is 0. The molecule has 0 saturated carbocycles. The number of ether oxygens (including phenoxy) is 5. The van der Waals surface area contributed by atoms with Crippen molar-refractivity contribution >= 4 is 5.97 Å². The van der Waals surface area contributed by atoms with E-state index in [0.717, 1.165) is 16.7 Å². The number of methoxy groups -OCH3 is 5. The van der Waals surface area contributed by atoms with E-state index < -0.39 is 5.97 Å². The first-order valence-corrected chi connectivity index (χ1v) is 10.2. The molecule has 0 unspecified atom stereocenters. The molecule has 0 fully saturated rings. The van der Waals surface area contributed by atoms with Gasteiger partial charge in [0.15, 0.2) is 11.5 Å². The van der Waals surface area contributed by atoms with Crippen LogP contribution in [0.15, 0.2) is 54.6 Å². The highest BCUT2D eigenvalue weighted by molar-refractivity contribution is 5.92. The van der Waals surface area contributed by atoms with Crippen LogP contribution in [0.2, 0.25) is 0 Å². The molecule has 0 radical (unpaired) electrons. The molecule has 3 rings (SSSR count). The Bertz CT molecular complexity index is 1290. The summed E-state index contributed by atoms with van der Waals surface area (Å²) >= 11 is 0. The quantitative estimate of drug-likeness (QED) is 0.421. The van der Waals surface area contributed by atoms with Crippen LogP contribution in [0.4, 0.5) is 0 Å². The molecule has 6 nitrogen and oxygen atoms in total. The summed E-state index contributed by atoms with van der Waals surface area (Å²) in [6, 6.07) is 16.3. The van der Waals surface area contributed by atoms with Gasteiger partial charge >= 0.3 is 5.97 Å². The van der Waals surface area contributed by atoms with E-state index in [2.05, 4.69) is 23.7 Å². The van der Waals surface area contributed by atoms with Crippen LogP contribution in [0.25, 0.3) is 0 Å². The third-order valence-corrected chi connectivity index (χ3v) is 4.84.